The van der Waals surface area contributed by atoms with Crippen molar-refractivity contribution in [3.8, 4) is 23.3 Å². The number of ether oxygens (including phenoxy) is 1. The molecule has 1 N–H and O–H groups in total. The van der Waals surface area contributed by atoms with Gasteiger partial charge in [-0.1, -0.05) is 23.7 Å². The lowest BCUT2D eigenvalue weighted by Gasteiger charge is -2.34. The lowest BCUT2D eigenvalue weighted by molar-refractivity contribution is -0.137. The van der Waals surface area contributed by atoms with Crippen LogP contribution in [0.5, 0.6) is 6.01 Å². The highest BCUT2D eigenvalue weighted by Gasteiger charge is 2.49. The number of fused-ring (bicyclic) bond motifs is 2. The first-order chi connectivity index (χ1) is 20.1. The zero-order valence-electron chi connectivity index (χ0n) is 22.4. The molecule has 3 saturated heterocycles. The van der Waals surface area contributed by atoms with Gasteiger partial charge in [0.15, 0.2) is 5.82 Å². The van der Waals surface area contributed by atoms with Crippen molar-refractivity contribution in [3.05, 3.63) is 40.8 Å². The highest BCUT2D eigenvalue weighted by atomic mass is 35.5. The van der Waals surface area contributed by atoms with Crippen LogP contribution in [0.2, 0.25) is 5.02 Å². The molecule has 3 aliphatic rings. The quantitative estimate of drug-likeness (QED) is 0.385. The standard InChI is InChI=1S/C28H27ClF5N7O/c29-20-4-1-3-18(21(20)28(32,33)34)23-22(31)24-19(12-37-23)25(40-10-8-36-17(14-40)5-7-35)39-26(38-24)42-15-27-6-2-9-41(27)13-16(30)11-27/h1,3-4,12,16-17,36H,2,5-6,8-11,13-15H2/t16-,17+,27+/m1/s1. The Hall–Kier alpha value is -3.34. The van der Waals surface area contributed by atoms with Crippen molar-refractivity contribution in [3.63, 3.8) is 0 Å². The predicted molar refractivity (Wildman–Crippen MR) is 146 cm³/mol. The molecule has 14 heteroatoms. The molecular formula is C28H27ClF5N7O. The van der Waals surface area contributed by atoms with Crippen LogP contribution in [0.3, 0.4) is 0 Å². The maximum Gasteiger partial charge on any atom is 0.418 e. The largest absolute Gasteiger partial charge is 0.461 e. The van der Waals surface area contributed by atoms with E-state index in [9.17, 15) is 22.8 Å². The SMILES string of the molecule is N#CC[C@H]1CN(c2nc(OC[C@@]34CCCN3C[C@H](F)C4)nc3c(F)c(-c4cccc(Cl)c4C(F)(F)F)ncc23)CCN1. The summed E-state index contributed by atoms with van der Waals surface area (Å²) in [5.41, 5.74) is -3.07. The monoisotopic (exact) mass is 607 g/mol. The van der Waals surface area contributed by atoms with Gasteiger partial charge >= 0.3 is 12.2 Å². The van der Waals surface area contributed by atoms with E-state index in [2.05, 4.69) is 31.2 Å². The predicted octanol–water partition coefficient (Wildman–Crippen LogP) is 5.15. The molecule has 3 aliphatic heterocycles. The van der Waals surface area contributed by atoms with E-state index < -0.39 is 45.5 Å². The summed E-state index contributed by atoms with van der Waals surface area (Å²) in [4.78, 5) is 16.9. The van der Waals surface area contributed by atoms with E-state index in [1.807, 2.05) is 4.90 Å². The number of nitrogens with one attached hydrogen (secondary N) is 1. The molecule has 8 nitrogen and oxygen atoms in total. The number of rotatable bonds is 6. The Bertz CT molecular complexity index is 1550. The molecule has 0 aliphatic carbocycles. The molecule has 5 heterocycles. The van der Waals surface area contributed by atoms with Gasteiger partial charge in [0.05, 0.1) is 34.0 Å². The fourth-order valence-corrected chi connectivity index (χ4v) is 6.72. The van der Waals surface area contributed by atoms with Gasteiger partial charge in [-0.15, -0.1) is 0 Å². The Kier molecular flexibility index (Phi) is 7.57. The Morgan fingerprint density at radius 3 is 2.83 bits per heavy atom. The van der Waals surface area contributed by atoms with E-state index in [1.54, 1.807) is 0 Å². The average Bonchev–Trinajstić information content (AvgIpc) is 3.47. The molecule has 42 heavy (non-hydrogen) atoms. The Morgan fingerprint density at radius 1 is 1.21 bits per heavy atom. The highest BCUT2D eigenvalue weighted by Crippen LogP contribution is 2.43. The molecule has 1 aromatic carbocycles. The summed E-state index contributed by atoms with van der Waals surface area (Å²) >= 11 is 5.90. The van der Waals surface area contributed by atoms with Gasteiger partial charge in [-0.05, 0) is 25.5 Å². The van der Waals surface area contributed by atoms with Crippen LogP contribution < -0.4 is 15.0 Å². The van der Waals surface area contributed by atoms with E-state index >= 15 is 4.39 Å². The number of nitrogens with zero attached hydrogens (tertiary/aromatic N) is 6. The summed E-state index contributed by atoms with van der Waals surface area (Å²) in [5.74, 6) is -0.794. The smallest absolute Gasteiger partial charge is 0.418 e. The van der Waals surface area contributed by atoms with E-state index in [-0.39, 0.29) is 41.8 Å². The molecule has 3 fully saturated rings. The summed E-state index contributed by atoms with van der Waals surface area (Å²) in [5, 5.41) is 12.1. The topological polar surface area (TPSA) is 90.2 Å². The number of pyridine rings is 1. The van der Waals surface area contributed by atoms with Crippen LogP contribution in [0.15, 0.2) is 24.4 Å². The lowest BCUT2D eigenvalue weighted by Crippen LogP contribution is -2.51. The van der Waals surface area contributed by atoms with Crippen LogP contribution in [-0.2, 0) is 6.18 Å². The van der Waals surface area contributed by atoms with Gasteiger partial charge in [-0.3, -0.25) is 9.88 Å². The molecule has 0 saturated carbocycles. The highest BCUT2D eigenvalue weighted by molar-refractivity contribution is 6.31. The number of benzene rings is 1. The molecule has 0 radical (unpaired) electrons. The molecule has 0 bridgehead atoms. The summed E-state index contributed by atoms with van der Waals surface area (Å²) in [6.45, 7) is 2.51. The first kappa shape index (κ1) is 28.8. The molecule has 222 valence electrons. The number of alkyl halides is 4. The number of nitriles is 1. The first-order valence-electron chi connectivity index (χ1n) is 13.7. The molecule has 6 rings (SSSR count). The maximum atomic E-state index is 16.2. The van der Waals surface area contributed by atoms with Crippen molar-refractivity contribution < 1.29 is 26.7 Å². The molecule has 0 unspecified atom stereocenters. The molecule has 3 atom stereocenters. The van der Waals surface area contributed by atoms with Crippen LogP contribution in [0, 0.1) is 17.1 Å². The number of aromatic nitrogens is 3. The van der Waals surface area contributed by atoms with Crippen LogP contribution in [0.25, 0.3) is 22.2 Å². The van der Waals surface area contributed by atoms with Crippen molar-refractivity contribution in [2.45, 2.75) is 49.6 Å². The van der Waals surface area contributed by atoms with Crippen molar-refractivity contribution in [1.29, 1.82) is 5.26 Å². The third-order valence-electron chi connectivity index (χ3n) is 8.32. The Morgan fingerprint density at radius 2 is 2.05 bits per heavy atom. The van der Waals surface area contributed by atoms with Crippen molar-refractivity contribution >= 4 is 28.3 Å². The van der Waals surface area contributed by atoms with Gasteiger partial charge in [0.25, 0.3) is 0 Å². The van der Waals surface area contributed by atoms with Gasteiger partial charge < -0.3 is 15.0 Å². The van der Waals surface area contributed by atoms with Crippen LogP contribution in [0.1, 0.15) is 31.2 Å². The second-order valence-electron chi connectivity index (χ2n) is 11.0. The summed E-state index contributed by atoms with van der Waals surface area (Å²) in [7, 11) is 0. The van der Waals surface area contributed by atoms with Crippen LogP contribution >= 0.6 is 11.6 Å². The third kappa shape index (κ3) is 5.20. The average molecular weight is 608 g/mol. The zero-order chi connectivity index (χ0) is 29.6. The van der Waals surface area contributed by atoms with Crippen molar-refractivity contribution in [2.24, 2.45) is 0 Å². The normalized spacial score (nSPS) is 24.6. The van der Waals surface area contributed by atoms with Crippen LogP contribution in [0.4, 0.5) is 27.8 Å². The second-order valence-corrected chi connectivity index (χ2v) is 11.4. The summed E-state index contributed by atoms with van der Waals surface area (Å²) in [6.07, 6.45) is -2.43. The fraction of sp³-hybridized carbons (Fsp3) is 0.500. The lowest BCUT2D eigenvalue weighted by atomic mass is 9.95. The van der Waals surface area contributed by atoms with Gasteiger partial charge in [0, 0.05) is 50.4 Å². The second kappa shape index (κ2) is 11.1. The fourth-order valence-electron chi connectivity index (χ4n) is 6.44. The summed E-state index contributed by atoms with van der Waals surface area (Å²) in [6, 6.07) is 5.26. The minimum atomic E-state index is -4.86. The number of anilines is 1. The minimum Gasteiger partial charge on any atom is -0.461 e. The molecule has 2 aromatic heterocycles. The maximum absolute atomic E-state index is 16.2. The molecular weight excluding hydrogens is 581 g/mol. The molecule has 0 spiro atoms. The van der Waals surface area contributed by atoms with Crippen LogP contribution in [-0.4, -0.2) is 76.9 Å². The minimum absolute atomic E-state index is 0.0864. The number of halogens is 6. The first-order valence-corrected chi connectivity index (χ1v) is 14.1. The van der Waals surface area contributed by atoms with Gasteiger partial charge in [-0.25, -0.2) is 8.78 Å². The third-order valence-corrected chi connectivity index (χ3v) is 8.63. The van der Waals surface area contributed by atoms with E-state index in [0.717, 1.165) is 31.5 Å². The number of piperazine rings is 1. The van der Waals surface area contributed by atoms with Gasteiger partial charge in [0.1, 0.15) is 29.8 Å². The zero-order valence-corrected chi connectivity index (χ0v) is 23.2. The molecule has 0 amide bonds. The number of hydrogen-bond donors (Lipinski definition) is 1. The van der Waals surface area contributed by atoms with E-state index in [1.165, 1.54) is 12.3 Å². The Labute approximate surface area is 243 Å². The van der Waals surface area contributed by atoms with E-state index in [0.29, 0.717) is 32.6 Å². The van der Waals surface area contributed by atoms with Gasteiger partial charge in [0.2, 0.25) is 0 Å². The molecule has 3 aromatic rings. The van der Waals surface area contributed by atoms with Crippen molar-refractivity contribution in [1.82, 2.24) is 25.2 Å². The summed E-state index contributed by atoms with van der Waals surface area (Å²) < 4.78 is 78.4. The van der Waals surface area contributed by atoms with E-state index in [4.69, 9.17) is 16.3 Å². The number of hydrogen-bond acceptors (Lipinski definition) is 8. The Balaban J connectivity index is 1.45. The van der Waals surface area contributed by atoms with Crippen molar-refractivity contribution in [2.75, 3.05) is 44.2 Å². The van der Waals surface area contributed by atoms with Gasteiger partial charge in [-0.2, -0.15) is 28.4 Å².